The minimum absolute atomic E-state index is 0.0813. The molecule has 0 fully saturated rings. The van der Waals surface area contributed by atoms with Crippen LogP contribution in [-0.4, -0.2) is 36.5 Å². The van der Waals surface area contributed by atoms with E-state index in [1.807, 2.05) is 6.92 Å². The van der Waals surface area contributed by atoms with E-state index in [1.54, 1.807) is 70.5 Å². The Hall–Kier alpha value is -3.62. The molecule has 2 heterocycles. The quantitative estimate of drug-likeness (QED) is 0.477. The van der Waals surface area contributed by atoms with Crippen molar-refractivity contribution in [3.8, 4) is 11.4 Å². The Morgan fingerprint density at radius 1 is 0.903 bits per heavy atom. The number of carbonyl (C=O) groups excluding carboxylic acids is 1. The van der Waals surface area contributed by atoms with Gasteiger partial charge in [-0.15, -0.1) is 0 Å². The molecule has 0 aliphatic carbocycles. The van der Waals surface area contributed by atoms with Crippen molar-refractivity contribution < 1.29 is 14.7 Å². The lowest BCUT2D eigenvalue weighted by molar-refractivity contribution is 0.0696. The van der Waals surface area contributed by atoms with Gasteiger partial charge < -0.3 is 10.8 Å². The van der Waals surface area contributed by atoms with Crippen LogP contribution in [0.25, 0.3) is 11.4 Å². The maximum Gasteiger partial charge on any atom is 0.337 e. The third kappa shape index (κ3) is 4.76. The summed E-state index contributed by atoms with van der Waals surface area (Å²) in [6.07, 6.45) is 6.71. The highest BCUT2D eigenvalue weighted by atomic mass is 35.5. The van der Waals surface area contributed by atoms with Crippen LogP contribution in [0.15, 0.2) is 67.3 Å². The first-order valence-corrected chi connectivity index (χ1v) is 9.67. The molecule has 0 saturated heterocycles. The number of aromatic carboxylic acids is 1. The summed E-state index contributed by atoms with van der Waals surface area (Å²) in [4.78, 5) is 22.0. The van der Waals surface area contributed by atoms with Crippen molar-refractivity contribution >= 4 is 35.1 Å². The third-order valence-corrected chi connectivity index (χ3v) is 5.06. The van der Waals surface area contributed by atoms with E-state index < -0.39 is 11.9 Å². The molecular weight excluding hydrogens is 441 g/mol. The van der Waals surface area contributed by atoms with E-state index in [0.29, 0.717) is 22.0 Å². The zero-order valence-corrected chi connectivity index (χ0v) is 17.7. The number of nitrogens with zero attached hydrogens (tertiary/aromatic N) is 4. The summed E-state index contributed by atoms with van der Waals surface area (Å²) >= 11 is 12.1. The summed E-state index contributed by atoms with van der Waals surface area (Å²) in [5.41, 5.74) is 7.68. The van der Waals surface area contributed by atoms with Crippen molar-refractivity contribution in [2.75, 3.05) is 0 Å². The number of hydrogen-bond acceptors (Lipinski definition) is 4. The summed E-state index contributed by atoms with van der Waals surface area (Å²) in [6.45, 7) is 1.86. The van der Waals surface area contributed by atoms with E-state index in [1.165, 1.54) is 6.07 Å². The summed E-state index contributed by atoms with van der Waals surface area (Å²) in [6, 6.07) is 11.8. The molecule has 31 heavy (non-hydrogen) atoms. The fourth-order valence-corrected chi connectivity index (χ4v) is 3.49. The molecule has 8 nitrogen and oxygen atoms in total. The van der Waals surface area contributed by atoms with E-state index in [4.69, 9.17) is 34.0 Å². The van der Waals surface area contributed by atoms with E-state index in [-0.39, 0.29) is 10.6 Å². The summed E-state index contributed by atoms with van der Waals surface area (Å²) < 4.78 is 3.14. The first-order chi connectivity index (χ1) is 14.8. The Labute approximate surface area is 187 Å². The number of carboxylic acids is 1. The van der Waals surface area contributed by atoms with Gasteiger partial charge in [-0.05, 0) is 42.8 Å². The SMILES string of the molecule is Cc1ccc(C(=O)O)c(Cl)c1-n1cccn1.NC(=O)c1cccc(-n2cccn2)c1Cl. The maximum absolute atomic E-state index is 11.1. The number of amides is 1. The lowest BCUT2D eigenvalue weighted by Gasteiger charge is -2.10. The van der Waals surface area contributed by atoms with Gasteiger partial charge in [0.05, 0.1) is 32.5 Å². The van der Waals surface area contributed by atoms with Gasteiger partial charge in [0.25, 0.3) is 0 Å². The molecule has 2 aromatic carbocycles. The lowest BCUT2D eigenvalue weighted by atomic mass is 10.1. The van der Waals surface area contributed by atoms with Crippen molar-refractivity contribution in [2.24, 2.45) is 5.73 Å². The maximum atomic E-state index is 11.1. The highest BCUT2D eigenvalue weighted by Crippen LogP contribution is 2.27. The smallest absolute Gasteiger partial charge is 0.337 e. The van der Waals surface area contributed by atoms with E-state index in [2.05, 4.69) is 10.2 Å². The fourth-order valence-electron chi connectivity index (χ4n) is 2.81. The van der Waals surface area contributed by atoms with Crippen LogP contribution < -0.4 is 5.73 Å². The van der Waals surface area contributed by atoms with Gasteiger partial charge in [0.2, 0.25) is 5.91 Å². The molecule has 0 radical (unpaired) electrons. The summed E-state index contributed by atoms with van der Waals surface area (Å²) in [7, 11) is 0. The number of carbonyl (C=O) groups is 2. The molecule has 0 aliphatic heterocycles. The molecule has 0 saturated carbocycles. The number of halogens is 2. The highest BCUT2D eigenvalue weighted by molar-refractivity contribution is 6.36. The Morgan fingerprint density at radius 2 is 1.55 bits per heavy atom. The first kappa shape index (κ1) is 22.1. The molecule has 4 aromatic rings. The average molecular weight is 458 g/mol. The lowest BCUT2D eigenvalue weighted by Crippen LogP contribution is -2.12. The van der Waals surface area contributed by atoms with Gasteiger partial charge in [0, 0.05) is 24.8 Å². The molecule has 1 amide bonds. The number of hydrogen-bond donors (Lipinski definition) is 2. The zero-order valence-electron chi connectivity index (χ0n) is 16.2. The highest BCUT2D eigenvalue weighted by Gasteiger charge is 2.16. The topological polar surface area (TPSA) is 116 Å². The van der Waals surface area contributed by atoms with Gasteiger partial charge in [0.15, 0.2) is 0 Å². The second kappa shape index (κ2) is 9.46. The predicted molar refractivity (Wildman–Crippen MR) is 117 cm³/mol. The van der Waals surface area contributed by atoms with Crippen molar-refractivity contribution in [1.29, 1.82) is 0 Å². The molecule has 0 spiro atoms. The molecule has 0 aliphatic rings. The number of benzene rings is 2. The molecule has 4 rings (SSSR count). The van der Waals surface area contributed by atoms with Crippen LogP contribution in [0.2, 0.25) is 10.0 Å². The van der Waals surface area contributed by atoms with Gasteiger partial charge in [-0.25, -0.2) is 14.2 Å². The van der Waals surface area contributed by atoms with Gasteiger partial charge >= 0.3 is 5.97 Å². The van der Waals surface area contributed by atoms with Crippen molar-refractivity contribution in [3.05, 3.63) is 94.0 Å². The first-order valence-electron chi connectivity index (χ1n) is 8.92. The van der Waals surface area contributed by atoms with Crippen LogP contribution in [0.1, 0.15) is 26.3 Å². The zero-order chi connectivity index (χ0) is 22.5. The largest absolute Gasteiger partial charge is 0.478 e. The van der Waals surface area contributed by atoms with Gasteiger partial charge in [-0.2, -0.15) is 10.2 Å². The molecule has 0 unspecified atom stereocenters. The van der Waals surface area contributed by atoms with Crippen LogP contribution in [0, 0.1) is 6.92 Å². The standard InChI is InChI=1S/C11H9ClN2O2.C10H8ClN3O/c1-7-3-4-8(11(15)16)9(12)10(7)14-6-2-5-13-14;11-9-7(10(12)15)3-1-4-8(9)14-6-2-5-13-14/h2-6H,1H3,(H,15,16);1-6H,(H2,12,15). The third-order valence-electron chi connectivity index (χ3n) is 4.28. The summed E-state index contributed by atoms with van der Waals surface area (Å²) in [5.74, 6) is -1.59. The Morgan fingerprint density at radius 3 is 2.10 bits per heavy atom. The van der Waals surface area contributed by atoms with Gasteiger partial charge in [-0.1, -0.05) is 35.3 Å². The van der Waals surface area contributed by atoms with Crippen molar-refractivity contribution in [3.63, 3.8) is 0 Å². The van der Waals surface area contributed by atoms with Crippen LogP contribution in [0.5, 0.6) is 0 Å². The number of aryl methyl sites for hydroxylation is 1. The van der Waals surface area contributed by atoms with Crippen LogP contribution in [0.3, 0.4) is 0 Å². The molecule has 3 N–H and O–H groups in total. The number of rotatable bonds is 4. The van der Waals surface area contributed by atoms with Crippen molar-refractivity contribution in [2.45, 2.75) is 6.92 Å². The fraction of sp³-hybridized carbons (Fsp3) is 0.0476. The molecule has 0 bridgehead atoms. The average Bonchev–Trinajstić information content (AvgIpc) is 3.43. The number of aromatic nitrogens is 4. The van der Waals surface area contributed by atoms with E-state index in [0.717, 1.165) is 5.56 Å². The number of primary amides is 1. The molecule has 10 heteroatoms. The van der Waals surface area contributed by atoms with Crippen LogP contribution in [-0.2, 0) is 0 Å². The predicted octanol–water partition coefficient (Wildman–Crippen LogP) is 4.16. The van der Waals surface area contributed by atoms with Gasteiger partial charge in [-0.3, -0.25) is 4.79 Å². The Bertz CT molecular complexity index is 1220. The summed E-state index contributed by atoms with van der Waals surface area (Å²) in [5, 5.41) is 17.6. The normalized spacial score (nSPS) is 10.3. The second-order valence-corrected chi connectivity index (χ2v) is 7.06. The van der Waals surface area contributed by atoms with Crippen molar-refractivity contribution in [1.82, 2.24) is 19.6 Å². The Kier molecular flexibility index (Phi) is 6.74. The van der Waals surface area contributed by atoms with E-state index in [9.17, 15) is 9.59 Å². The Balaban J connectivity index is 0.000000176. The number of nitrogens with two attached hydrogens (primary N) is 1. The van der Waals surface area contributed by atoms with Crippen LogP contribution >= 0.6 is 23.2 Å². The monoisotopic (exact) mass is 457 g/mol. The number of carboxylic acid groups (broad SMARTS) is 1. The molecule has 2 aromatic heterocycles. The molecule has 158 valence electrons. The second-order valence-electron chi connectivity index (χ2n) is 6.30. The minimum atomic E-state index is -1.04. The molecular formula is C21H17Cl2N5O3. The van der Waals surface area contributed by atoms with Gasteiger partial charge in [0.1, 0.15) is 0 Å². The van der Waals surface area contributed by atoms with Crippen LogP contribution in [0.4, 0.5) is 0 Å². The minimum Gasteiger partial charge on any atom is -0.478 e. The van der Waals surface area contributed by atoms with E-state index >= 15 is 0 Å². The molecule has 0 atom stereocenters.